The Bertz CT molecular complexity index is 799. The van der Waals surface area contributed by atoms with Crippen LogP contribution in [0.5, 0.6) is 0 Å². The van der Waals surface area contributed by atoms with Crippen LogP contribution in [0.1, 0.15) is 24.5 Å². The van der Waals surface area contributed by atoms with Crippen LogP contribution in [0, 0.1) is 12.8 Å². The lowest BCUT2D eigenvalue weighted by Crippen LogP contribution is -2.32. The van der Waals surface area contributed by atoms with Gasteiger partial charge in [0.05, 0.1) is 12.0 Å². The van der Waals surface area contributed by atoms with Crippen molar-refractivity contribution >= 4 is 33.3 Å². The van der Waals surface area contributed by atoms with Gasteiger partial charge in [0.1, 0.15) is 0 Å². The molecule has 0 saturated carbocycles. The minimum Gasteiger partial charge on any atom is -0.369 e. The van der Waals surface area contributed by atoms with E-state index in [4.69, 9.17) is 5.73 Å². The van der Waals surface area contributed by atoms with Crippen molar-refractivity contribution in [3.63, 3.8) is 0 Å². The van der Waals surface area contributed by atoms with Crippen molar-refractivity contribution in [1.82, 2.24) is 5.43 Å². The van der Waals surface area contributed by atoms with E-state index in [1.54, 1.807) is 6.07 Å². The highest BCUT2D eigenvalue weighted by Crippen LogP contribution is 2.21. The lowest BCUT2D eigenvalue weighted by atomic mass is 9.93. The van der Waals surface area contributed by atoms with Crippen LogP contribution in [-0.4, -0.2) is 32.3 Å². The summed E-state index contributed by atoms with van der Waals surface area (Å²) in [7, 11) is -3.55. The molecule has 124 valence electrons. The quantitative estimate of drug-likeness (QED) is 0.548. The lowest BCUT2D eigenvalue weighted by molar-refractivity contribution is -0.121. The number of aryl methyl sites for hydroxylation is 1. The van der Waals surface area contributed by atoms with E-state index in [0.29, 0.717) is 12.1 Å². The highest BCUT2D eigenvalue weighted by atomic mass is 32.2. The Labute approximate surface area is 134 Å². The Morgan fingerprint density at radius 3 is 2.74 bits per heavy atom. The molecular formula is C14H19N5O3S. The summed E-state index contributed by atoms with van der Waals surface area (Å²) < 4.78 is 25.5. The molecule has 0 fully saturated rings. The largest absolute Gasteiger partial charge is 0.369 e. The Morgan fingerprint density at radius 1 is 1.48 bits per heavy atom. The van der Waals surface area contributed by atoms with Crippen LogP contribution in [0.4, 0.5) is 5.69 Å². The normalized spacial score (nSPS) is 19.1. The van der Waals surface area contributed by atoms with Crippen LogP contribution in [0.25, 0.3) is 0 Å². The monoisotopic (exact) mass is 337 g/mol. The molecule has 4 N–H and O–H groups in total. The van der Waals surface area contributed by atoms with Gasteiger partial charge in [-0.15, -0.1) is 4.40 Å². The number of hydrazone groups is 1. The number of carbonyl (C=O) groups excluding carboxylic acids is 1. The van der Waals surface area contributed by atoms with Crippen molar-refractivity contribution in [2.45, 2.75) is 20.3 Å². The molecule has 0 aromatic heterocycles. The molecule has 1 aromatic carbocycles. The molecule has 23 heavy (non-hydrogen) atoms. The van der Waals surface area contributed by atoms with Gasteiger partial charge in [-0.25, -0.2) is 13.8 Å². The predicted octanol–water partition coefficient (Wildman–Crippen LogP) is 0.541. The Kier molecular flexibility index (Phi) is 4.69. The second kappa shape index (κ2) is 6.37. The Morgan fingerprint density at radius 2 is 2.17 bits per heavy atom. The number of hydrogen-bond donors (Lipinski definition) is 3. The van der Waals surface area contributed by atoms with Crippen molar-refractivity contribution in [2.75, 3.05) is 11.6 Å². The number of sulfonamides is 1. The number of carbonyl (C=O) groups is 1. The van der Waals surface area contributed by atoms with E-state index in [1.165, 1.54) is 0 Å². The first-order valence-electron chi connectivity index (χ1n) is 6.95. The fourth-order valence-corrected chi connectivity index (χ4v) is 2.71. The average Bonchev–Trinajstić information content (AvgIpc) is 2.39. The lowest BCUT2D eigenvalue weighted by Gasteiger charge is -2.20. The fourth-order valence-electron chi connectivity index (χ4n) is 2.30. The van der Waals surface area contributed by atoms with Crippen molar-refractivity contribution in [3.8, 4) is 0 Å². The zero-order valence-electron chi connectivity index (χ0n) is 13.1. The van der Waals surface area contributed by atoms with E-state index in [0.717, 1.165) is 23.1 Å². The molecule has 1 heterocycles. The first kappa shape index (κ1) is 16.9. The summed E-state index contributed by atoms with van der Waals surface area (Å²) in [6, 6.07) is 5.49. The highest BCUT2D eigenvalue weighted by Gasteiger charge is 2.21. The summed E-state index contributed by atoms with van der Waals surface area (Å²) in [5.74, 6) is -0.265. The molecule has 9 heteroatoms. The second-order valence-electron chi connectivity index (χ2n) is 5.50. The van der Waals surface area contributed by atoms with E-state index >= 15 is 0 Å². The second-order valence-corrected chi connectivity index (χ2v) is 7.15. The van der Waals surface area contributed by atoms with Crippen LogP contribution >= 0.6 is 0 Å². The van der Waals surface area contributed by atoms with Crippen LogP contribution in [0.2, 0.25) is 0 Å². The molecular weight excluding hydrogens is 318 g/mol. The molecule has 0 saturated heterocycles. The third kappa shape index (κ3) is 4.52. The van der Waals surface area contributed by atoms with Gasteiger partial charge >= 0.3 is 0 Å². The summed E-state index contributed by atoms with van der Waals surface area (Å²) in [4.78, 5) is 11.3. The van der Waals surface area contributed by atoms with Gasteiger partial charge in [0.2, 0.25) is 11.9 Å². The van der Waals surface area contributed by atoms with Crippen LogP contribution in [0.3, 0.4) is 0 Å². The van der Waals surface area contributed by atoms with Gasteiger partial charge in [0, 0.05) is 18.0 Å². The number of nitrogens with zero attached hydrogens (tertiary/aromatic N) is 2. The van der Waals surface area contributed by atoms with Crippen LogP contribution < -0.4 is 16.5 Å². The zero-order chi connectivity index (χ0) is 17.2. The number of benzene rings is 1. The van der Waals surface area contributed by atoms with Gasteiger partial charge in [0.25, 0.3) is 10.0 Å². The average molecular weight is 337 g/mol. The number of hydrogen-bond acceptors (Lipinski definition) is 4. The van der Waals surface area contributed by atoms with Gasteiger partial charge in [0.15, 0.2) is 0 Å². The van der Waals surface area contributed by atoms with Gasteiger partial charge in [-0.3, -0.25) is 4.79 Å². The van der Waals surface area contributed by atoms with Crippen molar-refractivity contribution in [1.29, 1.82) is 0 Å². The maximum absolute atomic E-state index is 11.3. The topological polar surface area (TPSA) is 126 Å². The summed E-state index contributed by atoms with van der Waals surface area (Å²) in [5, 5.41) is 6.87. The molecule has 8 nitrogen and oxygen atoms in total. The van der Waals surface area contributed by atoms with Gasteiger partial charge in [-0.05, 0) is 30.2 Å². The number of nitrogens with two attached hydrogens (primary N) is 1. The van der Waals surface area contributed by atoms with E-state index in [1.807, 2.05) is 26.0 Å². The summed E-state index contributed by atoms with van der Waals surface area (Å²) >= 11 is 0. The van der Waals surface area contributed by atoms with E-state index in [2.05, 4.69) is 20.2 Å². The number of anilines is 1. The zero-order valence-corrected chi connectivity index (χ0v) is 13.9. The SMILES string of the molecule is Cc1cc(C2=NNC(=O)CC2C)ccc1NC(N)=NS(C)(=O)=O. The predicted molar refractivity (Wildman–Crippen MR) is 89.7 cm³/mol. The van der Waals surface area contributed by atoms with E-state index < -0.39 is 10.0 Å². The third-order valence-corrected chi connectivity index (χ3v) is 3.84. The first-order chi connectivity index (χ1) is 10.7. The van der Waals surface area contributed by atoms with Gasteiger partial charge in [-0.1, -0.05) is 13.0 Å². The van der Waals surface area contributed by atoms with Crippen molar-refractivity contribution in [2.24, 2.45) is 21.2 Å². The minimum absolute atomic E-state index is 0.0267. The summed E-state index contributed by atoms with van der Waals surface area (Å²) in [6.45, 7) is 3.79. The maximum atomic E-state index is 11.3. The molecule has 1 atom stereocenters. The third-order valence-electron chi connectivity index (χ3n) is 3.31. The molecule has 1 unspecified atom stereocenters. The molecule has 1 aliphatic rings. The van der Waals surface area contributed by atoms with Crippen molar-refractivity contribution < 1.29 is 13.2 Å². The Hall–Kier alpha value is -2.42. The fraction of sp³-hybridized carbons (Fsp3) is 0.357. The molecule has 2 rings (SSSR count). The molecule has 1 amide bonds. The van der Waals surface area contributed by atoms with E-state index in [9.17, 15) is 13.2 Å². The standard InChI is InChI=1S/C14H19N5O3S/c1-8-6-10(13-9(2)7-12(20)17-18-13)4-5-11(8)16-14(15)19-23(3,21)22/h4-6,9H,7H2,1-3H3,(H,17,20)(H3,15,16,19). The Balaban J connectivity index is 2.25. The molecule has 0 spiro atoms. The maximum Gasteiger partial charge on any atom is 0.253 e. The first-order valence-corrected chi connectivity index (χ1v) is 8.80. The smallest absolute Gasteiger partial charge is 0.253 e. The van der Waals surface area contributed by atoms with Crippen LogP contribution in [0.15, 0.2) is 27.7 Å². The van der Waals surface area contributed by atoms with E-state index in [-0.39, 0.29) is 17.8 Å². The molecule has 0 bridgehead atoms. The number of nitrogens with one attached hydrogen (secondary N) is 2. The molecule has 0 radical (unpaired) electrons. The number of guanidine groups is 1. The molecule has 1 aliphatic heterocycles. The van der Waals surface area contributed by atoms with Gasteiger partial charge in [-0.2, -0.15) is 5.10 Å². The van der Waals surface area contributed by atoms with Crippen molar-refractivity contribution in [3.05, 3.63) is 29.3 Å². The van der Waals surface area contributed by atoms with Gasteiger partial charge < -0.3 is 11.1 Å². The number of rotatable bonds is 3. The summed E-state index contributed by atoms with van der Waals surface area (Å²) in [5.41, 5.74) is 11.2. The molecule has 1 aromatic rings. The van der Waals surface area contributed by atoms with Crippen LogP contribution in [-0.2, 0) is 14.8 Å². The minimum atomic E-state index is -3.55. The molecule has 0 aliphatic carbocycles. The summed E-state index contributed by atoms with van der Waals surface area (Å²) in [6.07, 6.45) is 1.36. The highest BCUT2D eigenvalue weighted by molar-refractivity contribution is 7.89. The number of amides is 1.